The van der Waals surface area contributed by atoms with Crippen LogP contribution in [0, 0.1) is 0 Å². The molecular weight excluding hydrogens is 174 g/mol. The third-order valence-electron chi connectivity index (χ3n) is 1.56. The normalized spacial score (nSPS) is 8.55. The zero-order chi connectivity index (χ0) is 8.95. The van der Waals surface area contributed by atoms with Gasteiger partial charge in [0.05, 0.1) is 0 Å². The van der Waals surface area contributed by atoms with E-state index in [4.69, 9.17) is 4.57 Å². The van der Waals surface area contributed by atoms with Crippen molar-refractivity contribution in [2.24, 2.45) is 0 Å². The van der Waals surface area contributed by atoms with E-state index in [1.54, 1.807) is 9.12 Å². The summed E-state index contributed by atoms with van der Waals surface area (Å²) >= 11 is 0. The van der Waals surface area contributed by atoms with Gasteiger partial charge in [0.2, 0.25) is 0 Å². The monoisotopic (exact) mass is 194 g/mol. The molecule has 0 saturated heterocycles. The van der Waals surface area contributed by atoms with E-state index in [0.717, 1.165) is 0 Å². The van der Waals surface area contributed by atoms with Crippen LogP contribution in [0.25, 0.3) is 0 Å². The molecule has 0 radical (unpaired) electrons. The molecule has 0 amide bonds. The summed E-state index contributed by atoms with van der Waals surface area (Å²) in [6, 6.07) is 0. The van der Waals surface area contributed by atoms with Crippen LogP contribution in [0.2, 0.25) is 0 Å². The van der Waals surface area contributed by atoms with Crippen LogP contribution in [0.4, 0.5) is 0 Å². The van der Waals surface area contributed by atoms with Crippen molar-refractivity contribution >= 4 is 18.4 Å². The first kappa shape index (κ1) is 14.1. The highest BCUT2D eigenvalue weighted by atomic mass is 31.0. The lowest BCUT2D eigenvalue weighted by Gasteiger charge is -1.96. The van der Waals surface area contributed by atoms with Gasteiger partial charge in [-0.1, -0.05) is 39.0 Å². The van der Waals surface area contributed by atoms with Gasteiger partial charge in [0.1, 0.15) is 9.12 Å². The Hall–Kier alpha value is 0.530. The van der Waals surface area contributed by atoms with Gasteiger partial charge in [0, 0.05) is 0 Å². The Kier molecular flexibility index (Phi) is 21.6. The molecule has 0 aliphatic rings. The zero-order valence-electron chi connectivity index (χ0n) is 7.44. The second-order valence-corrected chi connectivity index (χ2v) is 3.13. The molecule has 0 saturated carbocycles. The number of unbranched alkanes of at least 4 members (excludes halogenated alkanes) is 5. The Balaban J connectivity index is 0. The molecule has 0 aliphatic heterocycles. The lowest BCUT2D eigenvalue weighted by molar-refractivity contribution is 0.607. The Morgan fingerprint density at radius 3 is 1.91 bits per heavy atom. The fraction of sp³-hybridized carbons (Fsp3) is 1.00. The van der Waals surface area contributed by atoms with Crippen molar-refractivity contribution in [3.63, 3.8) is 0 Å². The second-order valence-electron chi connectivity index (χ2n) is 2.56. The van der Waals surface area contributed by atoms with Gasteiger partial charge in [-0.25, -0.2) is 0 Å². The van der Waals surface area contributed by atoms with Gasteiger partial charge in [0.25, 0.3) is 0 Å². The first-order valence-corrected chi connectivity index (χ1v) is 5.54. The molecule has 0 fully saturated rings. The van der Waals surface area contributed by atoms with Crippen LogP contribution >= 0.6 is 18.4 Å². The summed E-state index contributed by atoms with van der Waals surface area (Å²) < 4.78 is 8.06. The summed E-state index contributed by atoms with van der Waals surface area (Å²) in [5.41, 5.74) is 0. The van der Waals surface area contributed by atoms with Crippen LogP contribution in [0.15, 0.2) is 0 Å². The minimum Gasteiger partial charge on any atom is -0.279 e. The standard InChI is InChI=1S/C8H19P.HOP/c1-2-3-4-5-6-7-8-9;1-2/h2-9H2,1H3;2H. The van der Waals surface area contributed by atoms with Gasteiger partial charge in [-0.3, -0.25) is 4.57 Å². The fourth-order valence-electron chi connectivity index (χ4n) is 0.925. The van der Waals surface area contributed by atoms with Crippen LogP contribution in [0.1, 0.15) is 45.4 Å². The lowest BCUT2D eigenvalue weighted by Crippen LogP contribution is -1.78. The number of hydrogen-bond donors (Lipinski definition) is 0. The predicted octanol–water partition coefficient (Wildman–Crippen LogP) is 3.70. The lowest BCUT2D eigenvalue weighted by atomic mass is 10.1. The average Bonchev–Trinajstić information content (AvgIpc) is 2.08. The molecule has 0 aromatic carbocycles. The number of hydrogen-bond acceptors (Lipinski definition) is 1. The molecule has 0 aromatic heterocycles. The minimum atomic E-state index is 1.28. The third-order valence-corrected chi connectivity index (χ3v) is 1.97. The summed E-state index contributed by atoms with van der Waals surface area (Å²) in [5.74, 6) is 0. The van der Waals surface area contributed by atoms with Crippen molar-refractivity contribution in [3.05, 3.63) is 0 Å². The molecule has 0 aromatic rings. The molecule has 0 heterocycles. The zero-order valence-corrected chi connectivity index (χ0v) is 9.59. The molecule has 68 valence electrons. The molecule has 0 spiro atoms. The van der Waals surface area contributed by atoms with Crippen molar-refractivity contribution in [1.29, 1.82) is 0 Å². The number of rotatable bonds is 6. The highest BCUT2D eigenvalue weighted by Gasteiger charge is 1.85. The predicted molar refractivity (Wildman–Crippen MR) is 57.0 cm³/mol. The smallest absolute Gasteiger partial charge is 0.138 e. The minimum absolute atomic E-state index is 1.28. The van der Waals surface area contributed by atoms with Crippen molar-refractivity contribution < 1.29 is 4.57 Å². The van der Waals surface area contributed by atoms with Crippen molar-refractivity contribution in [3.8, 4) is 0 Å². The van der Waals surface area contributed by atoms with Crippen LogP contribution in [-0.4, -0.2) is 6.16 Å². The van der Waals surface area contributed by atoms with Gasteiger partial charge < -0.3 is 0 Å². The van der Waals surface area contributed by atoms with Gasteiger partial charge in [-0.2, -0.15) is 0 Å². The van der Waals surface area contributed by atoms with Crippen LogP contribution in [-0.2, 0) is 4.57 Å². The topological polar surface area (TPSA) is 17.1 Å². The molecule has 1 atom stereocenters. The van der Waals surface area contributed by atoms with Crippen molar-refractivity contribution in [1.82, 2.24) is 0 Å². The molecule has 0 bridgehead atoms. The summed E-state index contributed by atoms with van der Waals surface area (Å²) in [6.45, 7) is 2.26. The quantitative estimate of drug-likeness (QED) is 0.465. The summed E-state index contributed by atoms with van der Waals surface area (Å²) in [7, 11) is 4.50. The van der Waals surface area contributed by atoms with E-state index in [1.165, 1.54) is 44.7 Å². The maximum Gasteiger partial charge on any atom is 0.138 e. The Bertz CT molecular complexity index is 54.1. The van der Waals surface area contributed by atoms with Gasteiger partial charge in [-0.05, 0) is 12.6 Å². The molecular formula is C8H20OP2. The summed E-state index contributed by atoms with van der Waals surface area (Å²) in [4.78, 5) is 0. The molecule has 3 heteroatoms. The van der Waals surface area contributed by atoms with Crippen LogP contribution < -0.4 is 0 Å². The molecule has 1 unspecified atom stereocenters. The van der Waals surface area contributed by atoms with Crippen molar-refractivity contribution in [2.45, 2.75) is 45.4 Å². The van der Waals surface area contributed by atoms with E-state index in [9.17, 15) is 0 Å². The van der Waals surface area contributed by atoms with Gasteiger partial charge in [0.15, 0.2) is 0 Å². The van der Waals surface area contributed by atoms with E-state index in [-0.39, 0.29) is 0 Å². The Morgan fingerprint density at radius 1 is 1.00 bits per heavy atom. The average molecular weight is 194 g/mol. The van der Waals surface area contributed by atoms with E-state index >= 15 is 0 Å². The fourth-order valence-corrected chi connectivity index (χ4v) is 1.21. The first-order valence-electron chi connectivity index (χ1n) is 4.32. The first-order chi connectivity index (χ1) is 5.41. The largest absolute Gasteiger partial charge is 0.279 e. The molecule has 1 nitrogen and oxygen atoms in total. The molecule has 0 N–H and O–H groups in total. The van der Waals surface area contributed by atoms with E-state index in [2.05, 4.69) is 16.2 Å². The SMILES string of the molecule is CCCCCCCCP.O=P. The Labute approximate surface area is 75.2 Å². The van der Waals surface area contributed by atoms with Crippen molar-refractivity contribution in [2.75, 3.05) is 6.16 Å². The van der Waals surface area contributed by atoms with E-state index < -0.39 is 0 Å². The maximum atomic E-state index is 8.06. The third kappa shape index (κ3) is 18.0. The summed E-state index contributed by atoms with van der Waals surface area (Å²) in [6.07, 6.45) is 9.80. The highest BCUT2D eigenvalue weighted by molar-refractivity contribution is 7.16. The van der Waals surface area contributed by atoms with E-state index in [0.29, 0.717) is 0 Å². The summed E-state index contributed by atoms with van der Waals surface area (Å²) in [5, 5.41) is 0. The van der Waals surface area contributed by atoms with Crippen LogP contribution in [0.5, 0.6) is 0 Å². The van der Waals surface area contributed by atoms with Gasteiger partial charge in [-0.15, -0.1) is 9.24 Å². The maximum absolute atomic E-state index is 8.06. The van der Waals surface area contributed by atoms with Crippen LogP contribution in [0.3, 0.4) is 0 Å². The highest BCUT2D eigenvalue weighted by Crippen LogP contribution is 2.05. The van der Waals surface area contributed by atoms with E-state index in [1.807, 2.05) is 0 Å². The van der Waals surface area contributed by atoms with Gasteiger partial charge >= 0.3 is 0 Å². The molecule has 0 aliphatic carbocycles. The second kappa shape index (κ2) is 16.9. The Morgan fingerprint density at radius 2 is 1.45 bits per heavy atom. The molecule has 0 rings (SSSR count). The molecule has 11 heavy (non-hydrogen) atoms.